The molecule has 1 aromatic carbocycles. The van der Waals surface area contributed by atoms with Crippen LogP contribution >= 0.6 is 0 Å². The Bertz CT molecular complexity index is 624. The Balaban J connectivity index is 1.92. The predicted octanol–water partition coefficient (Wildman–Crippen LogP) is 2.82. The van der Waals surface area contributed by atoms with Gasteiger partial charge in [-0.25, -0.2) is 4.39 Å². The number of carboxylic acids is 1. The topological polar surface area (TPSA) is 57.6 Å². The zero-order valence-corrected chi connectivity index (χ0v) is 13.3. The maximum atomic E-state index is 14.4. The number of halogens is 1. The molecule has 1 saturated heterocycles. The van der Waals surface area contributed by atoms with Crippen LogP contribution in [-0.4, -0.2) is 35.0 Å². The zero-order chi connectivity index (χ0) is 16.6. The van der Waals surface area contributed by atoms with E-state index in [1.54, 1.807) is 23.1 Å². The average molecular weight is 319 g/mol. The maximum absolute atomic E-state index is 14.4. The number of rotatable bonds is 3. The Labute approximate surface area is 135 Å². The number of nitrogens with zero attached hydrogens (tertiary/aromatic N) is 1. The third kappa shape index (κ3) is 2.62. The molecular formula is C18H22FNO3. The van der Waals surface area contributed by atoms with Crippen LogP contribution in [0.2, 0.25) is 0 Å². The van der Waals surface area contributed by atoms with Crippen LogP contribution in [0.15, 0.2) is 24.3 Å². The van der Waals surface area contributed by atoms with Gasteiger partial charge in [-0.1, -0.05) is 38.0 Å². The summed E-state index contributed by atoms with van der Waals surface area (Å²) in [5.74, 6) is -1.91. The zero-order valence-electron chi connectivity index (χ0n) is 13.3. The number of hydrogen-bond acceptors (Lipinski definition) is 2. The van der Waals surface area contributed by atoms with Crippen LogP contribution in [-0.2, 0) is 15.0 Å². The van der Waals surface area contributed by atoms with Crippen LogP contribution in [0.5, 0.6) is 0 Å². The molecule has 1 heterocycles. The van der Waals surface area contributed by atoms with Gasteiger partial charge in [0.2, 0.25) is 5.91 Å². The number of benzene rings is 1. The van der Waals surface area contributed by atoms with Crippen molar-refractivity contribution in [1.82, 2.24) is 4.90 Å². The van der Waals surface area contributed by atoms with Gasteiger partial charge in [-0.2, -0.15) is 0 Å². The van der Waals surface area contributed by atoms with Crippen LogP contribution in [0.3, 0.4) is 0 Å². The molecule has 23 heavy (non-hydrogen) atoms. The fourth-order valence-corrected chi connectivity index (χ4v) is 4.18. The molecule has 1 aliphatic heterocycles. The molecule has 1 aliphatic carbocycles. The number of carbonyl (C=O) groups is 2. The third-order valence-electron chi connectivity index (χ3n) is 5.47. The number of amides is 1. The van der Waals surface area contributed by atoms with Crippen LogP contribution in [0.4, 0.5) is 4.39 Å². The summed E-state index contributed by atoms with van der Waals surface area (Å²) in [4.78, 5) is 26.1. The number of carboxylic acid groups (broad SMARTS) is 1. The number of likely N-dealkylation sites (tertiary alicyclic amines) is 1. The van der Waals surface area contributed by atoms with Gasteiger partial charge in [0.25, 0.3) is 0 Å². The van der Waals surface area contributed by atoms with E-state index in [0.717, 1.165) is 12.8 Å². The van der Waals surface area contributed by atoms with Gasteiger partial charge in [0.05, 0.1) is 11.3 Å². The van der Waals surface area contributed by atoms with Gasteiger partial charge < -0.3 is 10.0 Å². The first-order valence-corrected chi connectivity index (χ1v) is 8.23. The minimum Gasteiger partial charge on any atom is -0.481 e. The van der Waals surface area contributed by atoms with E-state index in [4.69, 9.17) is 0 Å². The van der Waals surface area contributed by atoms with Gasteiger partial charge in [0.15, 0.2) is 0 Å². The molecular weight excluding hydrogens is 297 g/mol. The normalized spacial score (nSPS) is 26.4. The van der Waals surface area contributed by atoms with Crippen molar-refractivity contribution in [3.63, 3.8) is 0 Å². The molecule has 4 nitrogen and oxygen atoms in total. The molecule has 1 aromatic rings. The molecule has 3 rings (SSSR count). The lowest BCUT2D eigenvalue weighted by molar-refractivity contribution is -0.142. The van der Waals surface area contributed by atoms with Crippen LogP contribution in [0, 0.1) is 17.7 Å². The highest BCUT2D eigenvalue weighted by Crippen LogP contribution is 2.44. The summed E-state index contributed by atoms with van der Waals surface area (Å²) in [7, 11) is 0. The molecule has 124 valence electrons. The molecule has 5 heteroatoms. The van der Waals surface area contributed by atoms with E-state index in [2.05, 4.69) is 0 Å². The van der Waals surface area contributed by atoms with E-state index in [1.165, 1.54) is 6.07 Å². The summed E-state index contributed by atoms with van der Waals surface area (Å²) >= 11 is 0. The van der Waals surface area contributed by atoms with E-state index in [-0.39, 0.29) is 24.2 Å². The standard InChI is InChI=1S/C18H22FNO3/c1-12-10-20(11-13(12)16(21)22)17(23)18(8-4-5-9-18)14-6-2-3-7-15(14)19/h2-3,6-7,12-13H,4-5,8-11H2,1H3,(H,21,22)/t12-,13-/m1/s1. The fourth-order valence-electron chi connectivity index (χ4n) is 4.18. The van der Waals surface area contributed by atoms with Gasteiger partial charge in [0, 0.05) is 18.7 Å². The van der Waals surface area contributed by atoms with Crippen molar-refractivity contribution >= 4 is 11.9 Å². The summed E-state index contributed by atoms with van der Waals surface area (Å²) in [5, 5.41) is 9.28. The maximum Gasteiger partial charge on any atom is 0.308 e. The van der Waals surface area contributed by atoms with Crippen LogP contribution in [0.25, 0.3) is 0 Å². The Morgan fingerprint density at radius 1 is 1.22 bits per heavy atom. The van der Waals surface area contributed by atoms with Gasteiger partial charge in [-0.3, -0.25) is 9.59 Å². The third-order valence-corrected chi connectivity index (χ3v) is 5.47. The lowest BCUT2D eigenvalue weighted by Gasteiger charge is -2.33. The Kier molecular flexibility index (Phi) is 4.13. The quantitative estimate of drug-likeness (QED) is 0.932. The average Bonchev–Trinajstić information content (AvgIpc) is 3.14. The number of carbonyl (C=O) groups excluding carboxylic acids is 1. The molecule has 2 aliphatic rings. The van der Waals surface area contributed by atoms with Crippen molar-refractivity contribution in [2.75, 3.05) is 13.1 Å². The van der Waals surface area contributed by atoms with E-state index < -0.39 is 17.3 Å². The van der Waals surface area contributed by atoms with Crippen molar-refractivity contribution in [3.8, 4) is 0 Å². The molecule has 2 atom stereocenters. The highest BCUT2D eigenvalue weighted by molar-refractivity contribution is 5.89. The van der Waals surface area contributed by atoms with Gasteiger partial charge in [-0.05, 0) is 24.8 Å². The lowest BCUT2D eigenvalue weighted by atomic mass is 9.77. The molecule has 1 amide bonds. The highest BCUT2D eigenvalue weighted by Gasteiger charge is 2.49. The van der Waals surface area contributed by atoms with Gasteiger partial charge >= 0.3 is 5.97 Å². The first-order valence-electron chi connectivity index (χ1n) is 8.23. The largest absolute Gasteiger partial charge is 0.481 e. The fraction of sp³-hybridized carbons (Fsp3) is 0.556. The Morgan fingerprint density at radius 3 is 2.43 bits per heavy atom. The van der Waals surface area contributed by atoms with Crippen molar-refractivity contribution in [3.05, 3.63) is 35.6 Å². The second kappa shape index (κ2) is 5.95. The second-order valence-corrected chi connectivity index (χ2v) is 6.90. The molecule has 0 spiro atoms. The van der Waals surface area contributed by atoms with Crippen molar-refractivity contribution in [2.24, 2.45) is 11.8 Å². The molecule has 2 fully saturated rings. The number of hydrogen-bond donors (Lipinski definition) is 1. The molecule has 1 N–H and O–H groups in total. The Hall–Kier alpha value is -1.91. The summed E-state index contributed by atoms with van der Waals surface area (Å²) in [6.07, 6.45) is 3.06. The molecule has 1 saturated carbocycles. The number of aliphatic carboxylic acids is 1. The van der Waals surface area contributed by atoms with E-state index in [9.17, 15) is 19.1 Å². The smallest absolute Gasteiger partial charge is 0.308 e. The monoisotopic (exact) mass is 319 g/mol. The molecule has 0 unspecified atom stereocenters. The minimum atomic E-state index is -0.862. The van der Waals surface area contributed by atoms with Crippen LogP contribution in [0.1, 0.15) is 38.2 Å². The Morgan fingerprint density at radius 2 is 1.87 bits per heavy atom. The second-order valence-electron chi connectivity index (χ2n) is 6.90. The summed E-state index contributed by atoms with van der Waals surface area (Å²) in [6.45, 7) is 2.52. The highest BCUT2D eigenvalue weighted by atomic mass is 19.1. The van der Waals surface area contributed by atoms with Crippen LogP contribution < -0.4 is 0 Å². The van der Waals surface area contributed by atoms with E-state index in [1.807, 2.05) is 6.92 Å². The SMILES string of the molecule is C[C@@H]1CN(C(=O)C2(c3ccccc3F)CCCC2)C[C@H]1C(=O)O. The summed E-state index contributed by atoms with van der Waals surface area (Å²) in [5.41, 5.74) is -0.354. The van der Waals surface area contributed by atoms with Gasteiger partial charge in [0.1, 0.15) is 5.82 Å². The summed E-state index contributed by atoms with van der Waals surface area (Å²) in [6, 6.07) is 6.49. The van der Waals surface area contributed by atoms with Crippen molar-refractivity contribution < 1.29 is 19.1 Å². The minimum absolute atomic E-state index is 0.0736. The van der Waals surface area contributed by atoms with Gasteiger partial charge in [-0.15, -0.1) is 0 Å². The molecule has 0 bridgehead atoms. The van der Waals surface area contributed by atoms with Crippen molar-refractivity contribution in [2.45, 2.75) is 38.0 Å². The van der Waals surface area contributed by atoms with Crippen molar-refractivity contribution in [1.29, 1.82) is 0 Å². The first-order chi connectivity index (χ1) is 11.0. The molecule has 0 radical (unpaired) electrons. The van der Waals surface area contributed by atoms with E-state index in [0.29, 0.717) is 24.9 Å². The summed E-state index contributed by atoms with van der Waals surface area (Å²) < 4.78 is 14.4. The molecule has 0 aromatic heterocycles. The van der Waals surface area contributed by atoms with E-state index >= 15 is 0 Å². The lowest BCUT2D eigenvalue weighted by Crippen LogP contribution is -2.45. The first kappa shape index (κ1) is 16.0. The predicted molar refractivity (Wildman–Crippen MR) is 83.4 cm³/mol.